The summed E-state index contributed by atoms with van der Waals surface area (Å²) >= 11 is 3.43. The van der Waals surface area contributed by atoms with E-state index in [1.807, 2.05) is 60.7 Å². The molecule has 5 rings (SSSR count). The summed E-state index contributed by atoms with van der Waals surface area (Å²) in [6.07, 6.45) is 0. The average molecular weight is 534 g/mol. The first-order valence-electron chi connectivity index (χ1n) is 10.9. The second kappa shape index (κ2) is 9.76. The summed E-state index contributed by atoms with van der Waals surface area (Å²) in [5.41, 5.74) is 2.39. The van der Waals surface area contributed by atoms with Gasteiger partial charge in [0.2, 0.25) is 11.8 Å². The number of hydrogen-bond donors (Lipinski definition) is 0. The van der Waals surface area contributed by atoms with Gasteiger partial charge in [-0.2, -0.15) is 4.98 Å². The predicted octanol–water partition coefficient (Wildman–Crippen LogP) is 5.78. The molecule has 0 aliphatic rings. The largest absolute Gasteiger partial charge is 0.473 e. The molecule has 2 aromatic heterocycles. The number of imidazole rings is 1. The minimum Gasteiger partial charge on any atom is -0.473 e. The number of aryl methyl sites for hydroxylation is 1. The van der Waals surface area contributed by atoms with Crippen LogP contribution in [0.25, 0.3) is 16.7 Å². The molecule has 0 N–H and O–H groups in total. The Morgan fingerprint density at radius 2 is 1.46 bits per heavy atom. The van der Waals surface area contributed by atoms with Crippen LogP contribution < -0.4 is 15.2 Å². The van der Waals surface area contributed by atoms with Crippen LogP contribution in [0.5, 0.6) is 11.8 Å². The zero-order valence-electron chi connectivity index (χ0n) is 18.8. The molecular weight excluding hydrogens is 513 g/mol. The highest BCUT2D eigenvalue weighted by atomic mass is 79.9. The number of hydrogen-bond acceptors (Lipinski definition) is 4. The number of halogens is 2. The molecule has 8 heteroatoms. The molecule has 0 fully saturated rings. The van der Waals surface area contributed by atoms with Crippen molar-refractivity contribution in [3.05, 3.63) is 117 Å². The van der Waals surface area contributed by atoms with Gasteiger partial charge in [-0.25, -0.2) is 9.18 Å². The third kappa shape index (κ3) is 4.57. The molecule has 5 aromatic rings. The molecule has 0 spiro atoms. The summed E-state index contributed by atoms with van der Waals surface area (Å²) in [5, 5.41) is 0. The van der Waals surface area contributed by atoms with Crippen LogP contribution in [0.1, 0.15) is 11.1 Å². The van der Waals surface area contributed by atoms with Gasteiger partial charge in [-0.15, -0.1) is 0 Å². The Bertz CT molecular complexity index is 1550. The molecule has 0 aliphatic carbocycles. The number of fused-ring (bicyclic) bond motifs is 1. The van der Waals surface area contributed by atoms with Crippen molar-refractivity contribution < 1.29 is 13.9 Å². The average Bonchev–Trinajstić information content (AvgIpc) is 3.16. The monoisotopic (exact) mass is 533 g/mol. The van der Waals surface area contributed by atoms with Gasteiger partial charge in [0.25, 0.3) is 0 Å². The third-order valence-corrected chi connectivity index (χ3v) is 6.23. The normalized spacial score (nSPS) is 11.1. The van der Waals surface area contributed by atoms with Gasteiger partial charge in [-0.3, -0.25) is 9.13 Å². The number of rotatable bonds is 7. The number of ether oxygens (including phenoxy) is 2. The molecule has 0 saturated carbocycles. The van der Waals surface area contributed by atoms with E-state index in [2.05, 4.69) is 20.9 Å². The van der Waals surface area contributed by atoms with E-state index in [1.54, 1.807) is 25.2 Å². The number of aromatic nitrogens is 3. The van der Waals surface area contributed by atoms with Crippen molar-refractivity contribution >= 4 is 27.0 Å². The fourth-order valence-corrected chi connectivity index (χ4v) is 4.44. The fraction of sp³-hybridized carbons (Fsp3) is 0.111. The van der Waals surface area contributed by atoms with Gasteiger partial charge in [-0.1, -0.05) is 60.7 Å². The van der Waals surface area contributed by atoms with E-state index >= 15 is 0 Å². The van der Waals surface area contributed by atoms with Crippen LogP contribution in [0.3, 0.4) is 0 Å². The van der Waals surface area contributed by atoms with E-state index in [-0.39, 0.29) is 18.0 Å². The van der Waals surface area contributed by atoms with Crippen LogP contribution in [-0.2, 0) is 20.3 Å². The van der Waals surface area contributed by atoms with Gasteiger partial charge < -0.3 is 9.47 Å². The lowest BCUT2D eigenvalue weighted by Crippen LogP contribution is -2.22. The smallest absolute Gasteiger partial charge is 0.333 e. The molecule has 0 unspecified atom stereocenters. The van der Waals surface area contributed by atoms with Crippen LogP contribution in [0, 0.1) is 5.82 Å². The SMILES string of the molecule is Cn1c(=O)n(-c2ccc(OCc3ccccc3)nc2OCc2ccccc2)c2c(F)ccc(Br)c21. The molecule has 3 aromatic carbocycles. The molecule has 176 valence electrons. The van der Waals surface area contributed by atoms with E-state index in [0.717, 1.165) is 11.1 Å². The van der Waals surface area contributed by atoms with Crippen molar-refractivity contribution in [2.45, 2.75) is 13.2 Å². The molecule has 0 aliphatic heterocycles. The number of nitrogens with zero attached hydrogens (tertiary/aromatic N) is 3. The first-order chi connectivity index (χ1) is 17.0. The Kier molecular flexibility index (Phi) is 6.37. The Hall–Kier alpha value is -3.91. The topological polar surface area (TPSA) is 58.3 Å². The van der Waals surface area contributed by atoms with Crippen molar-refractivity contribution in [1.82, 2.24) is 14.1 Å². The van der Waals surface area contributed by atoms with Gasteiger partial charge >= 0.3 is 5.69 Å². The minimum absolute atomic E-state index is 0.135. The Labute approximate surface area is 209 Å². The molecule has 0 bridgehead atoms. The van der Waals surface area contributed by atoms with Crippen LogP contribution in [0.2, 0.25) is 0 Å². The Balaban J connectivity index is 1.59. The molecule has 0 radical (unpaired) electrons. The van der Waals surface area contributed by atoms with Crippen LogP contribution in [0.15, 0.2) is 94.2 Å². The maximum atomic E-state index is 15.0. The molecule has 0 amide bonds. The Morgan fingerprint density at radius 3 is 2.11 bits per heavy atom. The maximum Gasteiger partial charge on any atom is 0.333 e. The minimum atomic E-state index is -0.528. The van der Waals surface area contributed by atoms with Crippen LogP contribution >= 0.6 is 15.9 Å². The fourth-order valence-electron chi connectivity index (χ4n) is 3.86. The standard InChI is InChI=1S/C27H21BrFN3O3/c1-31-24-20(28)12-13-21(29)25(24)32(27(31)33)22-14-15-23(34-16-18-8-4-2-5-9-18)30-26(22)35-17-19-10-6-3-7-11-19/h2-15H,16-17H2,1H3. The molecule has 35 heavy (non-hydrogen) atoms. The van der Waals surface area contributed by atoms with Gasteiger partial charge in [0.1, 0.15) is 30.2 Å². The van der Waals surface area contributed by atoms with Gasteiger partial charge in [0.15, 0.2) is 0 Å². The summed E-state index contributed by atoms with van der Waals surface area (Å²) in [5.74, 6) is -0.0386. The van der Waals surface area contributed by atoms with E-state index in [4.69, 9.17) is 9.47 Å². The summed E-state index contributed by atoms with van der Waals surface area (Å²) in [6, 6.07) is 25.5. The van der Waals surface area contributed by atoms with E-state index in [1.165, 1.54) is 15.2 Å². The molecule has 0 saturated heterocycles. The molecular formula is C27H21BrFN3O3. The van der Waals surface area contributed by atoms with Gasteiger partial charge in [0.05, 0.1) is 5.52 Å². The second-order valence-electron chi connectivity index (χ2n) is 7.93. The van der Waals surface area contributed by atoms with Crippen LogP contribution in [0.4, 0.5) is 4.39 Å². The summed E-state index contributed by atoms with van der Waals surface area (Å²) in [4.78, 5) is 17.8. The van der Waals surface area contributed by atoms with E-state index < -0.39 is 11.5 Å². The highest BCUT2D eigenvalue weighted by molar-refractivity contribution is 9.10. The Morgan fingerprint density at radius 1 is 0.829 bits per heavy atom. The summed E-state index contributed by atoms with van der Waals surface area (Å²) in [6.45, 7) is 0.537. The lowest BCUT2D eigenvalue weighted by Gasteiger charge is -2.14. The highest BCUT2D eigenvalue weighted by Gasteiger charge is 2.22. The van der Waals surface area contributed by atoms with E-state index in [0.29, 0.717) is 28.2 Å². The lowest BCUT2D eigenvalue weighted by atomic mass is 10.2. The van der Waals surface area contributed by atoms with Crippen molar-refractivity contribution in [2.75, 3.05) is 0 Å². The molecule has 6 nitrogen and oxygen atoms in total. The van der Waals surface area contributed by atoms with Crippen molar-refractivity contribution in [1.29, 1.82) is 0 Å². The molecule has 2 heterocycles. The highest BCUT2D eigenvalue weighted by Crippen LogP contribution is 2.31. The maximum absolute atomic E-state index is 15.0. The predicted molar refractivity (Wildman–Crippen MR) is 136 cm³/mol. The van der Waals surface area contributed by atoms with Crippen molar-refractivity contribution in [3.8, 4) is 17.4 Å². The first kappa shape index (κ1) is 22.9. The second-order valence-corrected chi connectivity index (χ2v) is 8.78. The summed E-state index contributed by atoms with van der Waals surface area (Å²) < 4.78 is 30.2. The number of pyridine rings is 1. The van der Waals surface area contributed by atoms with Gasteiger partial charge in [-0.05, 0) is 45.3 Å². The first-order valence-corrected chi connectivity index (χ1v) is 11.7. The third-order valence-electron chi connectivity index (χ3n) is 5.59. The quantitative estimate of drug-likeness (QED) is 0.266. The summed E-state index contributed by atoms with van der Waals surface area (Å²) in [7, 11) is 1.60. The van der Waals surface area contributed by atoms with Crippen molar-refractivity contribution in [2.24, 2.45) is 7.05 Å². The zero-order valence-corrected chi connectivity index (χ0v) is 20.4. The zero-order chi connectivity index (χ0) is 24.4. The van der Waals surface area contributed by atoms with Gasteiger partial charge in [0, 0.05) is 17.6 Å². The van der Waals surface area contributed by atoms with E-state index in [9.17, 15) is 9.18 Å². The number of benzene rings is 3. The molecule has 0 atom stereocenters. The van der Waals surface area contributed by atoms with Crippen LogP contribution in [-0.4, -0.2) is 14.1 Å². The van der Waals surface area contributed by atoms with Crippen molar-refractivity contribution in [3.63, 3.8) is 0 Å². The lowest BCUT2D eigenvalue weighted by molar-refractivity contribution is 0.267.